The van der Waals surface area contributed by atoms with E-state index in [0.717, 1.165) is 6.04 Å². The third-order valence-corrected chi connectivity index (χ3v) is 2.75. The van der Waals surface area contributed by atoms with Gasteiger partial charge in [0.2, 0.25) is 0 Å². The van der Waals surface area contributed by atoms with E-state index in [1.54, 1.807) is 0 Å². The van der Waals surface area contributed by atoms with Crippen LogP contribution in [0.25, 0.3) is 0 Å². The highest BCUT2D eigenvalue weighted by atomic mass is 29.1. The Hall–Kier alpha value is -0.546. The summed E-state index contributed by atoms with van der Waals surface area (Å²) in [4.78, 5) is 0. The molecule has 1 aliphatic carbocycles. The zero-order valence-electron chi connectivity index (χ0n) is 10.00. The van der Waals surface area contributed by atoms with Crippen LogP contribution in [-0.2, 0) is 0 Å². The minimum absolute atomic E-state index is 0.719. The van der Waals surface area contributed by atoms with Gasteiger partial charge in [-0.2, -0.15) is 0 Å². The third kappa shape index (κ3) is 4.66. The molecular formula is C12H23NSi2. The number of hydrogen-bond acceptors (Lipinski definition) is 1. The van der Waals surface area contributed by atoms with Crippen LogP contribution in [0.5, 0.6) is 0 Å². The molecule has 1 nitrogen and oxygen atoms in total. The number of benzene rings is 1. The van der Waals surface area contributed by atoms with E-state index in [4.69, 9.17) is 0 Å². The van der Waals surface area contributed by atoms with E-state index in [9.17, 15) is 0 Å². The molecule has 15 heavy (non-hydrogen) atoms. The highest BCUT2D eigenvalue weighted by Crippen LogP contribution is 2.21. The molecule has 0 aromatic heterocycles. The largest absolute Gasteiger partial charge is 0.382 e. The zero-order chi connectivity index (χ0) is 10.9. The van der Waals surface area contributed by atoms with Gasteiger partial charge < -0.3 is 5.32 Å². The molecule has 0 atom stereocenters. The molecule has 0 amide bonds. The molecular weight excluding hydrogens is 214 g/mol. The molecule has 0 heterocycles. The van der Waals surface area contributed by atoms with E-state index in [2.05, 4.69) is 35.6 Å². The first-order chi connectivity index (χ1) is 7.45. The lowest BCUT2D eigenvalue weighted by molar-refractivity contribution is 0.463. The monoisotopic (exact) mass is 237 g/mol. The topological polar surface area (TPSA) is 12.0 Å². The molecule has 1 fully saturated rings. The molecule has 0 spiro atoms. The van der Waals surface area contributed by atoms with Gasteiger partial charge in [-0.1, -0.05) is 37.5 Å². The van der Waals surface area contributed by atoms with Gasteiger partial charge in [-0.15, -0.1) is 0 Å². The Morgan fingerprint density at radius 3 is 2.13 bits per heavy atom. The van der Waals surface area contributed by atoms with Crippen LogP contribution in [0.1, 0.15) is 32.1 Å². The van der Waals surface area contributed by atoms with Gasteiger partial charge in [0.1, 0.15) is 0 Å². The molecule has 2 rings (SSSR count). The van der Waals surface area contributed by atoms with E-state index in [-0.39, 0.29) is 0 Å². The summed E-state index contributed by atoms with van der Waals surface area (Å²) in [6.45, 7) is 0. The number of nitrogens with one attached hydrogen (secondary N) is 1. The molecule has 0 bridgehead atoms. The summed E-state index contributed by atoms with van der Waals surface area (Å²) in [5.74, 6) is 0. The Kier molecular flexibility index (Phi) is 6.43. The predicted molar refractivity (Wildman–Crippen MR) is 76.8 cm³/mol. The SMILES string of the molecule is [SiH3][SiH3].c1ccc(NC2CCCCC2)cc1. The van der Waals surface area contributed by atoms with Crippen molar-refractivity contribution in [2.75, 3.05) is 5.32 Å². The molecule has 1 aromatic rings. The number of hydrogen-bond donors (Lipinski definition) is 1. The second-order valence-electron chi connectivity index (χ2n) is 3.85. The molecule has 1 saturated carbocycles. The van der Waals surface area contributed by atoms with Crippen LogP contribution in [0.15, 0.2) is 30.3 Å². The summed E-state index contributed by atoms with van der Waals surface area (Å²) in [7, 11) is 2.89. The van der Waals surface area contributed by atoms with Crippen molar-refractivity contribution in [2.45, 2.75) is 38.1 Å². The van der Waals surface area contributed by atoms with E-state index >= 15 is 0 Å². The van der Waals surface area contributed by atoms with Crippen LogP contribution in [0.4, 0.5) is 5.69 Å². The highest BCUT2D eigenvalue weighted by molar-refractivity contribution is 6.75. The van der Waals surface area contributed by atoms with Crippen molar-refractivity contribution in [3.05, 3.63) is 30.3 Å². The Morgan fingerprint density at radius 2 is 1.53 bits per heavy atom. The van der Waals surface area contributed by atoms with Crippen LogP contribution in [0, 0.1) is 0 Å². The van der Waals surface area contributed by atoms with Gasteiger partial charge in [0.15, 0.2) is 0 Å². The molecule has 3 heteroatoms. The van der Waals surface area contributed by atoms with E-state index in [0.29, 0.717) is 0 Å². The van der Waals surface area contributed by atoms with Crippen molar-refractivity contribution in [2.24, 2.45) is 0 Å². The Balaban J connectivity index is 0.000000531. The molecule has 0 aliphatic heterocycles. The maximum Gasteiger partial charge on any atom is 0.0342 e. The van der Waals surface area contributed by atoms with Gasteiger partial charge in [0.05, 0.1) is 0 Å². The van der Waals surface area contributed by atoms with Gasteiger partial charge in [-0.3, -0.25) is 0 Å². The molecule has 1 aromatic carbocycles. The van der Waals surface area contributed by atoms with Crippen molar-refractivity contribution in [3.8, 4) is 0 Å². The molecule has 1 aliphatic rings. The number of para-hydroxylation sites is 1. The average Bonchev–Trinajstić information content (AvgIpc) is 2.34. The van der Waals surface area contributed by atoms with Gasteiger partial charge in [0.25, 0.3) is 0 Å². The van der Waals surface area contributed by atoms with Crippen LogP contribution in [0.2, 0.25) is 0 Å². The van der Waals surface area contributed by atoms with Crippen LogP contribution in [0.3, 0.4) is 0 Å². The molecule has 0 saturated heterocycles. The fourth-order valence-electron chi connectivity index (χ4n) is 2.02. The summed E-state index contributed by atoms with van der Waals surface area (Å²) in [6.07, 6.45) is 6.89. The van der Waals surface area contributed by atoms with E-state index in [1.807, 2.05) is 0 Å². The lowest BCUT2D eigenvalue weighted by Crippen LogP contribution is -2.21. The van der Waals surface area contributed by atoms with Crippen LogP contribution < -0.4 is 5.32 Å². The normalized spacial score (nSPS) is 16.8. The second-order valence-corrected chi connectivity index (χ2v) is 3.85. The molecule has 0 radical (unpaired) electrons. The summed E-state index contributed by atoms with van der Waals surface area (Å²) in [6, 6.07) is 11.3. The van der Waals surface area contributed by atoms with Crippen molar-refractivity contribution in [1.29, 1.82) is 0 Å². The predicted octanol–water partition coefficient (Wildman–Crippen LogP) is 1.06. The smallest absolute Gasteiger partial charge is 0.0342 e. The number of anilines is 1. The van der Waals surface area contributed by atoms with Crippen LogP contribution >= 0.6 is 0 Å². The average molecular weight is 237 g/mol. The van der Waals surface area contributed by atoms with Crippen molar-refractivity contribution in [3.63, 3.8) is 0 Å². The lowest BCUT2D eigenvalue weighted by Gasteiger charge is -2.23. The van der Waals surface area contributed by atoms with E-state index in [1.165, 1.54) is 57.3 Å². The van der Waals surface area contributed by atoms with Gasteiger partial charge >= 0.3 is 0 Å². The summed E-state index contributed by atoms with van der Waals surface area (Å²) in [5.41, 5.74) is 1.27. The molecule has 0 unspecified atom stereocenters. The minimum atomic E-state index is 0.719. The quantitative estimate of drug-likeness (QED) is 0.759. The first-order valence-electron chi connectivity index (χ1n) is 6.27. The Labute approximate surface area is 99.3 Å². The van der Waals surface area contributed by atoms with Crippen molar-refractivity contribution >= 4 is 25.2 Å². The van der Waals surface area contributed by atoms with Gasteiger partial charge in [0, 0.05) is 11.7 Å². The highest BCUT2D eigenvalue weighted by Gasteiger charge is 2.12. The van der Waals surface area contributed by atoms with Gasteiger partial charge in [-0.05, 0) is 44.5 Å². The minimum Gasteiger partial charge on any atom is -0.382 e. The summed E-state index contributed by atoms with van der Waals surface area (Å²) in [5, 5.41) is 3.58. The Morgan fingerprint density at radius 1 is 0.933 bits per heavy atom. The standard InChI is InChI=1S/C12H17N.H6Si2/c1-3-7-11(8-4-1)13-12-9-5-2-6-10-12;1-2/h1,3-4,7-8,12-13H,2,5-6,9-10H2;1-2H3. The second kappa shape index (κ2) is 7.71. The fraction of sp³-hybridized carbons (Fsp3) is 0.500. The summed E-state index contributed by atoms with van der Waals surface area (Å²) < 4.78 is 0. The van der Waals surface area contributed by atoms with Crippen molar-refractivity contribution < 1.29 is 0 Å². The zero-order valence-corrected chi connectivity index (χ0v) is 14.0. The molecule has 84 valence electrons. The van der Waals surface area contributed by atoms with Gasteiger partial charge in [-0.25, -0.2) is 0 Å². The Bertz CT molecular complexity index is 245. The first kappa shape index (κ1) is 12.5. The van der Waals surface area contributed by atoms with E-state index < -0.39 is 0 Å². The number of rotatable bonds is 2. The third-order valence-electron chi connectivity index (χ3n) is 2.75. The lowest BCUT2D eigenvalue weighted by atomic mass is 9.95. The maximum absolute atomic E-state index is 3.58. The molecule has 1 N–H and O–H groups in total. The summed E-state index contributed by atoms with van der Waals surface area (Å²) >= 11 is 0. The van der Waals surface area contributed by atoms with Crippen LogP contribution in [-0.4, -0.2) is 25.6 Å². The first-order valence-corrected chi connectivity index (χ1v) is 14.3. The maximum atomic E-state index is 3.58. The fourth-order valence-corrected chi connectivity index (χ4v) is 2.02. The van der Waals surface area contributed by atoms with Crippen molar-refractivity contribution in [1.82, 2.24) is 0 Å².